The van der Waals surface area contributed by atoms with Gasteiger partial charge in [-0.2, -0.15) is 0 Å². The molecule has 22 N–H and O–H groups in total. The van der Waals surface area contributed by atoms with Gasteiger partial charge in [0, 0.05) is 102 Å². The van der Waals surface area contributed by atoms with E-state index in [1.54, 1.807) is 74.6 Å². The normalized spacial score (nSPS) is 24.6. The van der Waals surface area contributed by atoms with Gasteiger partial charge in [-0.1, -0.05) is 102 Å². The number of H-pyrrole nitrogens is 2. The Morgan fingerprint density at radius 3 is 1.83 bits per heavy atom. The molecule has 4 aromatic rings. The summed E-state index contributed by atoms with van der Waals surface area (Å²) in [6.07, 6.45) is 3.42. The van der Waals surface area contributed by atoms with Crippen LogP contribution in [0.5, 0.6) is 0 Å². The summed E-state index contributed by atoms with van der Waals surface area (Å²) < 4.78 is 0. The molecular formula is C81H123N23O18S. The van der Waals surface area contributed by atoms with Crippen LogP contribution in [0.4, 0.5) is 0 Å². The number of aromatic amines is 2. The first-order valence-electron chi connectivity index (χ1n) is 41.3. The molecule has 14 atom stereocenters. The van der Waals surface area contributed by atoms with E-state index in [1.165, 1.54) is 54.6 Å². The molecule has 2 aromatic heterocycles. The maximum Gasteiger partial charge on any atom is 0.245 e. The highest BCUT2D eigenvalue weighted by molar-refractivity contribution is 8.00. The molecule has 2 fully saturated rings. The van der Waals surface area contributed by atoms with Gasteiger partial charge in [0.25, 0.3) is 0 Å². The van der Waals surface area contributed by atoms with Gasteiger partial charge in [-0.05, 0) is 81.9 Å². The van der Waals surface area contributed by atoms with Crippen LogP contribution in [-0.4, -0.2) is 307 Å². The van der Waals surface area contributed by atoms with E-state index >= 15 is 4.79 Å². The molecular weight excluding hydrogens is 1620 g/mol. The third-order valence-corrected chi connectivity index (χ3v) is 22.3. The summed E-state index contributed by atoms with van der Waals surface area (Å²) in [5.41, 5.74) is 19.0. The van der Waals surface area contributed by atoms with Crippen LogP contribution < -0.4 is 75.7 Å². The lowest BCUT2D eigenvalue weighted by molar-refractivity contribution is -0.149. The molecule has 0 aliphatic carbocycles. The van der Waals surface area contributed by atoms with Gasteiger partial charge in [0.1, 0.15) is 84.8 Å². The molecule has 14 unspecified atom stereocenters. The molecule has 0 saturated carbocycles. The van der Waals surface area contributed by atoms with Gasteiger partial charge in [0.05, 0.1) is 31.8 Å². The van der Waals surface area contributed by atoms with Gasteiger partial charge in [0.2, 0.25) is 94.5 Å². The molecule has 2 saturated heterocycles. The zero-order valence-corrected chi connectivity index (χ0v) is 72.2. The topological polar surface area (TPSA) is 608 Å². The Balaban J connectivity index is 1.40. The fourth-order valence-corrected chi connectivity index (χ4v) is 15.2. The average Bonchev–Trinajstić information content (AvgIpc) is 1.74. The van der Waals surface area contributed by atoms with E-state index in [9.17, 15) is 82.1 Å². The smallest absolute Gasteiger partial charge is 0.245 e. The minimum absolute atomic E-state index is 0.00815. The Labute approximate surface area is 718 Å². The highest BCUT2D eigenvalue weighted by Gasteiger charge is 2.43. The monoisotopic (exact) mass is 1740 g/mol. The number of nitrogens with two attached hydrogens (primary N) is 3. The van der Waals surface area contributed by atoms with Gasteiger partial charge >= 0.3 is 0 Å². The van der Waals surface area contributed by atoms with Crippen LogP contribution in [-0.2, 0) is 96.0 Å². The number of nitrogens with one attached hydrogen (secondary N) is 14. The number of unbranched alkanes of at least 4 members (excludes halogenated alkanes) is 2. The van der Waals surface area contributed by atoms with Crippen molar-refractivity contribution in [3.05, 3.63) is 90.1 Å². The number of amides is 16. The largest absolute Gasteiger partial charge is 0.394 e. The molecule has 676 valence electrons. The molecule has 16 amide bonds. The van der Waals surface area contributed by atoms with Crippen LogP contribution in [0.2, 0.25) is 0 Å². The van der Waals surface area contributed by atoms with Crippen molar-refractivity contribution in [2.45, 2.75) is 223 Å². The summed E-state index contributed by atoms with van der Waals surface area (Å²) in [6.45, 7) is 7.36. The Hall–Kier alpha value is -11.8. The maximum atomic E-state index is 15.1. The van der Waals surface area contributed by atoms with Gasteiger partial charge in [-0.3, -0.25) is 82.1 Å². The Morgan fingerprint density at radius 2 is 1.20 bits per heavy atom. The lowest BCUT2D eigenvalue weighted by atomic mass is 10.0. The molecule has 2 aromatic carbocycles. The number of primary amides is 1. The number of carbonyl (C=O) groups excluding carboxylic acids is 16. The minimum atomic E-state index is -1.78. The Kier molecular flexibility index (Phi) is 40.1. The van der Waals surface area contributed by atoms with Crippen LogP contribution in [0.1, 0.15) is 135 Å². The van der Waals surface area contributed by atoms with Crippen LogP contribution in [0, 0.1) is 11.3 Å². The number of carbonyl (C=O) groups is 16. The van der Waals surface area contributed by atoms with E-state index in [0.29, 0.717) is 53.4 Å². The third kappa shape index (κ3) is 30.6. The summed E-state index contributed by atoms with van der Waals surface area (Å²) in [6, 6.07) is -3.56. The number of imidazole rings is 1. The first-order chi connectivity index (χ1) is 58.4. The number of guanidine groups is 1. The van der Waals surface area contributed by atoms with Crippen molar-refractivity contribution < 1.29 is 86.9 Å². The number of likely N-dealkylation sites (N-methyl/N-ethyl adjacent to an activating group) is 4. The lowest BCUT2D eigenvalue weighted by Gasteiger charge is -2.36. The number of para-hydroxylation sites is 1. The van der Waals surface area contributed by atoms with Crippen LogP contribution in [0.25, 0.3) is 10.9 Å². The molecule has 2 aliphatic heterocycles. The first-order valence-corrected chi connectivity index (χ1v) is 42.4. The molecule has 4 heterocycles. The number of thioether (sulfide) groups is 1. The van der Waals surface area contributed by atoms with Gasteiger partial charge in [-0.25, -0.2) is 4.98 Å². The Morgan fingerprint density at radius 1 is 0.602 bits per heavy atom. The van der Waals surface area contributed by atoms with Gasteiger partial charge in [-0.15, -0.1) is 11.8 Å². The zero-order valence-electron chi connectivity index (χ0n) is 71.4. The van der Waals surface area contributed by atoms with Crippen LogP contribution in [0.3, 0.4) is 0 Å². The fraction of sp³-hybridized carbons (Fsp3) is 0.580. The summed E-state index contributed by atoms with van der Waals surface area (Å²) in [7, 11) is 5.22. The first kappa shape index (κ1) is 100. The van der Waals surface area contributed by atoms with E-state index in [0.717, 1.165) is 36.3 Å². The molecule has 6 rings (SSSR count). The third-order valence-electron chi connectivity index (χ3n) is 21.2. The summed E-state index contributed by atoms with van der Waals surface area (Å²) >= 11 is 0.803. The van der Waals surface area contributed by atoms with Crippen LogP contribution in [0.15, 0.2) is 73.3 Å². The summed E-state index contributed by atoms with van der Waals surface area (Å²) in [4.78, 5) is 247. The van der Waals surface area contributed by atoms with Gasteiger partial charge < -0.3 is 120 Å². The Bertz CT molecular complexity index is 4310. The molecule has 123 heavy (non-hydrogen) atoms. The standard InChI is InChI=1S/C81H123N23O18S/c1-11-13-27-61-74(116)94-53(26-20-30-87-81(84)85)70(112)99-60(69(111)89-39-65(83)107)42-123-43-67(109)93-57(33-48-22-16-15-17-23-48)78(120)101(8)47(6)68(110)96-58(36-64(82)106)79(121)104-31-21-29-62(104)75(117)95-55(35-50-38-86-44-90-50)72(114)97-56(32-45(3)4)77(119)100(7)40-66(108)92-54(34-49-37-88-52-25-19-18-24-51(49)52)71(113)98-59(41-105)73(115)91-46(5)76(118)103(10)63(28-14-12-2)80(122)102(61)9/h15-19,22-25,37-38,44-47,53-64,88,105-106H,11-14,20-21,26-36,39-43,82H2,1-10H3,(H2,83,107)(H,86,90)(H,89,111)(H,91,115)(H,92,108)(H,93,109)(H,94,116)(H,95,117)(H,96,110)(H,97,114)(H,98,113)(H,99,112)(H4,84,85,87). The molecule has 0 bridgehead atoms. The number of hydrogen-bond acceptors (Lipinski definition) is 22. The van der Waals surface area contributed by atoms with Gasteiger partial charge in [0.15, 0.2) is 5.96 Å². The second kappa shape index (κ2) is 49.3. The van der Waals surface area contributed by atoms with Crippen molar-refractivity contribution in [1.82, 2.24) is 97.9 Å². The highest BCUT2D eigenvalue weighted by Crippen LogP contribution is 2.24. The number of benzene rings is 2. The second-order valence-corrected chi connectivity index (χ2v) is 32.4. The van der Waals surface area contributed by atoms with Crippen LogP contribution >= 0.6 is 11.8 Å². The quantitative estimate of drug-likeness (QED) is 0.0137. The van der Waals surface area contributed by atoms with Crippen molar-refractivity contribution in [3.63, 3.8) is 0 Å². The molecule has 42 heteroatoms. The number of rotatable bonds is 24. The SMILES string of the molecule is CCCCC1C(=O)N(C)C(CCCC)C(=O)NC(CCCNC(=N)N)C(=O)NC(C(=O)NCC(N)=O)CSCC(=O)NC(Cc2ccccc2)C(=O)N(C)C(C)C(=O)NC(CC(N)O)C(=O)N2CCCC2C(=O)NC(Cc2cnc[nH]2)C(=O)NC(CC(C)C)C(=O)N(C)CC(=O)NC(Cc2c[nH]c3ccccc23)C(=O)NC(CO)C(=O)NC(C)C(=O)N1C. The number of nitrogens with zero attached hydrogens (tertiary/aromatic N) is 6. The van der Waals surface area contributed by atoms with E-state index in [4.69, 9.17) is 22.6 Å². The molecule has 41 nitrogen and oxygen atoms in total. The highest BCUT2D eigenvalue weighted by atomic mass is 32.2. The number of aromatic nitrogens is 3. The predicted octanol–water partition coefficient (Wildman–Crippen LogP) is -4.05. The number of hydrogen-bond donors (Lipinski definition) is 19. The predicted molar refractivity (Wildman–Crippen MR) is 454 cm³/mol. The van der Waals surface area contributed by atoms with E-state index < -0.39 is 223 Å². The summed E-state index contributed by atoms with van der Waals surface area (Å²) in [5.74, 6) is -15.7. The van der Waals surface area contributed by atoms with E-state index in [1.807, 2.05) is 13.8 Å². The number of aliphatic hydroxyl groups is 2. The van der Waals surface area contributed by atoms with Crippen molar-refractivity contribution in [2.24, 2.45) is 23.1 Å². The number of aliphatic hydroxyl groups excluding tert-OH is 2. The van der Waals surface area contributed by atoms with Crippen molar-refractivity contribution >= 4 is 123 Å². The zero-order chi connectivity index (χ0) is 90.9. The van der Waals surface area contributed by atoms with Crippen molar-refractivity contribution in [2.75, 3.05) is 72.5 Å². The average molecular weight is 1740 g/mol. The fourth-order valence-electron chi connectivity index (χ4n) is 14.3. The molecule has 0 radical (unpaired) electrons. The second-order valence-electron chi connectivity index (χ2n) is 31.4. The minimum Gasteiger partial charge on any atom is -0.394 e. The maximum absolute atomic E-state index is 15.1. The molecule has 2 aliphatic rings. The summed E-state index contributed by atoms with van der Waals surface area (Å²) in [5, 5.41) is 58.6. The van der Waals surface area contributed by atoms with E-state index in [-0.39, 0.29) is 83.2 Å². The number of fused-ring (bicyclic) bond motifs is 2. The molecule has 0 spiro atoms. The van der Waals surface area contributed by atoms with Crippen molar-refractivity contribution in [3.8, 4) is 0 Å². The van der Waals surface area contributed by atoms with E-state index in [2.05, 4.69) is 73.4 Å². The lowest BCUT2D eigenvalue weighted by Crippen LogP contribution is -2.60. The van der Waals surface area contributed by atoms with Crippen molar-refractivity contribution in [1.29, 1.82) is 5.41 Å².